The van der Waals surface area contributed by atoms with Gasteiger partial charge in [0.05, 0.1) is 25.8 Å². The molecule has 1 N–H and O–H groups in total. The third kappa shape index (κ3) is 3.54. The van der Waals surface area contributed by atoms with E-state index in [1.54, 1.807) is 0 Å². The number of carbonyl (C=O) groups excluding carboxylic acids is 1. The molecule has 0 bridgehead atoms. The predicted octanol–water partition coefficient (Wildman–Crippen LogP) is 2.92. The molecule has 0 spiro atoms. The van der Waals surface area contributed by atoms with E-state index in [0.717, 1.165) is 31.0 Å². The Labute approximate surface area is 118 Å². The summed E-state index contributed by atoms with van der Waals surface area (Å²) < 4.78 is 27.1. The van der Waals surface area contributed by atoms with Crippen molar-refractivity contribution >= 4 is 11.6 Å². The minimum atomic E-state index is -0.620. The first kappa shape index (κ1) is 14.9. The van der Waals surface area contributed by atoms with Crippen LogP contribution in [0.4, 0.5) is 14.5 Å². The van der Waals surface area contributed by atoms with Gasteiger partial charge in [0.2, 0.25) is 0 Å². The number of carbonyl (C=O) groups is 1. The molecule has 1 aliphatic carbocycles. The molecule has 1 amide bonds. The van der Waals surface area contributed by atoms with E-state index in [1.807, 2.05) is 14.1 Å². The highest BCUT2D eigenvalue weighted by molar-refractivity contribution is 5.91. The minimum Gasteiger partial charge on any atom is -0.319 e. The lowest BCUT2D eigenvalue weighted by Crippen LogP contribution is -2.51. The van der Waals surface area contributed by atoms with Crippen LogP contribution in [0.5, 0.6) is 0 Å². The molecule has 0 aromatic heterocycles. The van der Waals surface area contributed by atoms with Gasteiger partial charge in [-0.15, -0.1) is 0 Å². The second-order valence-corrected chi connectivity index (χ2v) is 6.05. The zero-order valence-corrected chi connectivity index (χ0v) is 12.0. The summed E-state index contributed by atoms with van der Waals surface area (Å²) in [6.45, 7) is 0.265. The van der Waals surface area contributed by atoms with Crippen LogP contribution in [0.2, 0.25) is 0 Å². The standard InChI is InChI=1S/C15H20F2N2O/c1-19(2,12-5-3-4-6-12)10-15(20)18-14-9-11(16)7-8-13(14)17/h7-9,12H,3-6,10H2,1-2H3/p+1. The van der Waals surface area contributed by atoms with Gasteiger partial charge in [-0.1, -0.05) is 0 Å². The SMILES string of the molecule is C[N+](C)(CC(=O)Nc1cc(F)ccc1F)C1CCCC1. The van der Waals surface area contributed by atoms with E-state index < -0.39 is 11.6 Å². The van der Waals surface area contributed by atoms with Gasteiger partial charge < -0.3 is 9.80 Å². The summed E-state index contributed by atoms with van der Waals surface area (Å²) >= 11 is 0. The van der Waals surface area contributed by atoms with Crippen LogP contribution in [0.15, 0.2) is 18.2 Å². The number of nitrogens with one attached hydrogen (secondary N) is 1. The average Bonchev–Trinajstić information content (AvgIpc) is 2.87. The number of amides is 1. The van der Waals surface area contributed by atoms with Crippen molar-refractivity contribution in [3.05, 3.63) is 29.8 Å². The second kappa shape index (κ2) is 5.87. The van der Waals surface area contributed by atoms with E-state index in [-0.39, 0.29) is 18.1 Å². The number of anilines is 1. The van der Waals surface area contributed by atoms with E-state index in [2.05, 4.69) is 5.32 Å². The molecule has 5 heteroatoms. The van der Waals surface area contributed by atoms with Crippen LogP contribution in [0.1, 0.15) is 25.7 Å². The average molecular weight is 283 g/mol. The van der Waals surface area contributed by atoms with Crippen molar-refractivity contribution in [3.8, 4) is 0 Å². The Morgan fingerprint density at radius 1 is 1.30 bits per heavy atom. The maximum absolute atomic E-state index is 13.5. The Morgan fingerprint density at radius 3 is 2.60 bits per heavy atom. The van der Waals surface area contributed by atoms with Gasteiger partial charge in [-0.3, -0.25) is 4.79 Å². The Bertz CT molecular complexity index is 497. The monoisotopic (exact) mass is 283 g/mol. The van der Waals surface area contributed by atoms with Crippen LogP contribution in [-0.2, 0) is 4.79 Å². The molecule has 2 rings (SSSR count). The summed E-state index contributed by atoms with van der Waals surface area (Å²) in [6, 6.07) is 3.52. The lowest BCUT2D eigenvalue weighted by molar-refractivity contribution is -0.906. The number of rotatable bonds is 4. The molecule has 0 radical (unpaired) electrons. The zero-order valence-electron chi connectivity index (χ0n) is 12.0. The number of quaternary nitrogens is 1. The molecule has 1 aromatic rings. The third-order valence-electron chi connectivity index (χ3n) is 4.07. The van der Waals surface area contributed by atoms with E-state index in [1.165, 1.54) is 12.8 Å². The third-order valence-corrected chi connectivity index (χ3v) is 4.07. The first-order valence-corrected chi connectivity index (χ1v) is 6.96. The molecular formula is C15H21F2N2O+. The Balaban J connectivity index is 1.99. The number of halogens is 2. The molecular weight excluding hydrogens is 262 g/mol. The minimum absolute atomic E-state index is 0.0959. The molecule has 0 saturated heterocycles. The molecule has 1 fully saturated rings. The number of likely N-dealkylation sites (N-methyl/N-ethyl adjacent to an activating group) is 1. The predicted molar refractivity (Wildman–Crippen MR) is 74.2 cm³/mol. The maximum Gasteiger partial charge on any atom is 0.279 e. The van der Waals surface area contributed by atoms with Gasteiger partial charge in [0, 0.05) is 6.07 Å². The van der Waals surface area contributed by atoms with E-state index >= 15 is 0 Å². The lowest BCUT2D eigenvalue weighted by atomic mass is 10.2. The van der Waals surface area contributed by atoms with Crippen LogP contribution in [0.25, 0.3) is 0 Å². The Kier molecular flexibility index (Phi) is 4.38. The van der Waals surface area contributed by atoms with E-state index in [4.69, 9.17) is 0 Å². The topological polar surface area (TPSA) is 29.1 Å². The van der Waals surface area contributed by atoms with Gasteiger partial charge in [0.25, 0.3) is 5.91 Å². The molecule has 1 saturated carbocycles. The largest absolute Gasteiger partial charge is 0.319 e. The smallest absolute Gasteiger partial charge is 0.279 e. The molecule has 110 valence electrons. The van der Waals surface area contributed by atoms with Crippen molar-refractivity contribution in [2.45, 2.75) is 31.7 Å². The van der Waals surface area contributed by atoms with Crippen molar-refractivity contribution in [2.75, 3.05) is 26.0 Å². The van der Waals surface area contributed by atoms with Gasteiger partial charge in [0.1, 0.15) is 11.6 Å². The first-order valence-electron chi connectivity index (χ1n) is 6.96. The summed E-state index contributed by atoms with van der Waals surface area (Å²) in [7, 11) is 4.02. The number of nitrogens with zero attached hydrogens (tertiary/aromatic N) is 1. The number of hydrogen-bond donors (Lipinski definition) is 1. The highest BCUT2D eigenvalue weighted by atomic mass is 19.1. The molecule has 0 unspecified atom stereocenters. The number of hydrogen-bond acceptors (Lipinski definition) is 1. The fraction of sp³-hybridized carbons (Fsp3) is 0.533. The molecule has 0 heterocycles. The Morgan fingerprint density at radius 2 is 1.95 bits per heavy atom. The van der Waals surface area contributed by atoms with Gasteiger partial charge in [-0.05, 0) is 37.8 Å². The van der Waals surface area contributed by atoms with E-state index in [0.29, 0.717) is 10.5 Å². The normalized spacial score (nSPS) is 16.4. The fourth-order valence-electron chi connectivity index (χ4n) is 2.89. The van der Waals surface area contributed by atoms with Gasteiger partial charge >= 0.3 is 0 Å². The number of benzene rings is 1. The summed E-state index contributed by atoms with van der Waals surface area (Å²) in [6.07, 6.45) is 4.64. The highest BCUT2D eigenvalue weighted by Gasteiger charge is 2.33. The van der Waals surface area contributed by atoms with Crippen molar-refractivity contribution in [1.29, 1.82) is 0 Å². The first-order chi connectivity index (χ1) is 9.38. The van der Waals surface area contributed by atoms with Gasteiger partial charge in [0.15, 0.2) is 6.54 Å². The second-order valence-electron chi connectivity index (χ2n) is 6.05. The Hall–Kier alpha value is -1.49. The van der Waals surface area contributed by atoms with Crippen molar-refractivity contribution in [1.82, 2.24) is 0 Å². The summed E-state index contributed by atoms with van der Waals surface area (Å²) in [5.41, 5.74) is -0.0959. The van der Waals surface area contributed by atoms with Crippen LogP contribution in [-0.4, -0.2) is 37.1 Å². The molecule has 20 heavy (non-hydrogen) atoms. The van der Waals surface area contributed by atoms with E-state index in [9.17, 15) is 13.6 Å². The maximum atomic E-state index is 13.5. The zero-order chi connectivity index (χ0) is 14.8. The van der Waals surface area contributed by atoms with Gasteiger partial charge in [-0.2, -0.15) is 0 Å². The van der Waals surface area contributed by atoms with Crippen LogP contribution in [0, 0.1) is 11.6 Å². The van der Waals surface area contributed by atoms with Crippen LogP contribution >= 0.6 is 0 Å². The molecule has 1 aliphatic rings. The quantitative estimate of drug-likeness (QED) is 0.846. The summed E-state index contributed by atoms with van der Waals surface area (Å²) in [5, 5.41) is 2.46. The van der Waals surface area contributed by atoms with Gasteiger partial charge in [-0.25, -0.2) is 8.78 Å². The lowest BCUT2D eigenvalue weighted by Gasteiger charge is -2.35. The molecule has 1 aromatic carbocycles. The van der Waals surface area contributed by atoms with Crippen molar-refractivity contribution < 1.29 is 18.1 Å². The van der Waals surface area contributed by atoms with Crippen molar-refractivity contribution in [2.24, 2.45) is 0 Å². The summed E-state index contributed by atoms with van der Waals surface area (Å²) in [5.74, 6) is -1.47. The van der Waals surface area contributed by atoms with Crippen molar-refractivity contribution in [3.63, 3.8) is 0 Å². The van der Waals surface area contributed by atoms with Crippen LogP contribution < -0.4 is 5.32 Å². The highest BCUT2D eigenvalue weighted by Crippen LogP contribution is 2.26. The molecule has 3 nitrogen and oxygen atoms in total. The van der Waals surface area contributed by atoms with Crippen LogP contribution in [0.3, 0.4) is 0 Å². The summed E-state index contributed by atoms with van der Waals surface area (Å²) in [4.78, 5) is 12.0. The molecule has 0 atom stereocenters. The fourth-order valence-corrected chi connectivity index (χ4v) is 2.89. The molecule has 0 aliphatic heterocycles.